The lowest BCUT2D eigenvalue weighted by Gasteiger charge is -2.41. The number of hydrogen-bond acceptors (Lipinski definition) is 5. The zero-order valence-corrected chi connectivity index (χ0v) is 13.0. The van der Waals surface area contributed by atoms with Crippen molar-refractivity contribution in [2.75, 3.05) is 45.3 Å². The van der Waals surface area contributed by atoms with Crippen LogP contribution in [0, 0.1) is 5.82 Å². The predicted octanol–water partition coefficient (Wildman–Crippen LogP) is 0.657. The molecule has 1 N–H and O–H groups in total. The second-order valence-electron chi connectivity index (χ2n) is 5.77. The van der Waals surface area contributed by atoms with Crippen molar-refractivity contribution in [3.63, 3.8) is 0 Å². The molecule has 0 aliphatic carbocycles. The number of nitrogens with zero attached hydrogens (tertiary/aromatic N) is 3. The van der Waals surface area contributed by atoms with Gasteiger partial charge in [0, 0.05) is 27.2 Å². The number of methoxy groups -OCH3 is 1. The molecule has 1 aliphatic heterocycles. The van der Waals surface area contributed by atoms with Gasteiger partial charge in [0.05, 0.1) is 18.3 Å². The van der Waals surface area contributed by atoms with Crippen molar-refractivity contribution in [3.05, 3.63) is 24.1 Å². The standard InChI is InChI=1S/C15H22FN3O3/c1-18(14(20)9-22-2)10-15(21)6-3-7-19(11-15)13-5-4-12(16)8-17-13/h4-5,8,21H,3,6-7,9-11H2,1-2H3. The van der Waals surface area contributed by atoms with E-state index in [-0.39, 0.29) is 24.9 Å². The number of carbonyl (C=O) groups excluding carboxylic acids is 1. The molecule has 122 valence electrons. The van der Waals surface area contributed by atoms with Crippen molar-refractivity contribution in [1.82, 2.24) is 9.88 Å². The fourth-order valence-corrected chi connectivity index (χ4v) is 2.76. The van der Waals surface area contributed by atoms with E-state index in [2.05, 4.69) is 4.98 Å². The Morgan fingerprint density at radius 1 is 1.59 bits per heavy atom. The van der Waals surface area contributed by atoms with Gasteiger partial charge in [-0.1, -0.05) is 0 Å². The van der Waals surface area contributed by atoms with Crippen molar-refractivity contribution in [2.24, 2.45) is 0 Å². The summed E-state index contributed by atoms with van der Waals surface area (Å²) in [7, 11) is 3.11. The molecule has 2 rings (SSSR count). The van der Waals surface area contributed by atoms with Crippen LogP contribution in [0.3, 0.4) is 0 Å². The summed E-state index contributed by atoms with van der Waals surface area (Å²) in [6, 6.07) is 2.95. The van der Waals surface area contributed by atoms with Gasteiger partial charge in [0.1, 0.15) is 18.2 Å². The number of hydrogen-bond donors (Lipinski definition) is 1. The molecule has 0 bridgehead atoms. The molecule has 1 aromatic rings. The molecule has 1 aromatic heterocycles. The van der Waals surface area contributed by atoms with E-state index >= 15 is 0 Å². The van der Waals surface area contributed by atoms with Gasteiger partial charge in [-0.2, -0.15) is 0 Å². The van der Waals surface area contributed by atoms with E-state index in [1.807, 2.05) is 4.90 Å². The molecule has 1 atom stereocenters. The number of piperidine rings is 1. The van der Waals surface area contributed by atoms with E-state index < -0.39 is 5.60 Å². The second-order valence-corrected chi connectivity index (χ2v) is 5.77. The molecule has 0 saturated carbocycles. The lowest BCUT2D eigenvalue weighted by Crippen LogP contribution is -2.55. The third kappa shape index (κ3) is 4.14. The monoisotopic (exact) mass is 311 g/mol. The van der Waals surface area contributed by atoms with Gasteiger partial charge in [-0.15, -0.1) is 0 Å². The molecular weight excluding hydrogens is 289 g/mol. The third-order valence-corrected chi connectivity index (χ3v) is 3.82. The van der Waals surface area contributed by atoms with Crippen LogP contribution in [0.4, 0.5) is 10.2 Å². The van der Waals surface area contributed by atoms with Crippen molar-refractivity contribution in [2.45, 2.75) is 18.4 Å². The molecule has 0 spiro atoms. The summed E-state index contributed by atoms with van der Waals surface area (Å²) in [5, 5.41) is 10.8. The van der Waals surface area contributed by atoms with Gasteiger partial charge in [-0.3, -0.25) is 4.79 Å². The molecule has 1 amide bonds. The minimum Gasteiger partial charge on any atom is -0.386 e. The number of carbonyl (C=O) groups is 1. The minimum absolute atomic E-state index is 0.00415. The number of aromatic nitrogens is 1. The molecule has 1 aliphatic rings. The molecule has 0 radical (unpaired) electrons. The SMILES string of the molecule is COCC(=O)N(C)CC1(O)CCCN(c2ccc(F)cn2)C1. The molecule has 7 heteroatoms. The number of ether oxygens (including phenoxy) is 1. The zero-order valence-electron chi connectivity index (χ0n) is 13.0. The smallest absolute Gasteiger partial charge is 0.248 e. The van der Waals surface area contributed by atoms with E-state index in [0.717, 1.165) is 19.2 Å². The summed E-state index contributed by atoms with van der Waals surface area (Å²) in [5.74, 6) is 0.0688. The number of anilines is 1. The van der Waals surface area contributed by atoms with Crippen LogP contribution in [0.15, 0.2) is 18.3 Å². The fraction of sp³-hybridized carbons (Fsp3) is 0.600. The number of β-amino-alcohol motifs (C(OH)–C–C–N with tert-alkyl or cyclic N) is 1. The predicted molar refractivity (Wildman–Crippen MR) is 80.1 cm³/mol. The summed E-state index contributed by atoms with van der Waals surface area (Å²) in [6.45, 7) is 1.33. The lowest BCUT2D eigenvalue weighted by molar-refractivity contribution is -0.137. The van der Waals surface area contributed by atoms with Gasteiger partial charge in [-0.25, -0.2) is 9.37 Å². The Balaban J connectivity index is 2.02. The number of amides is 1. The summed E-state index contributed by atoms with van der Waals surface area (Å²) in [4.78, 5) is 19.2. The molecule has 0 aromatic carbocycles. The van der Waals surface area contributed by atoms with E-state index in [0.29, 0.717) is 18.8 Å². The first-order valence-corrected chi connectivity index (χ1v) is 7.25. The van der Waals surface area contributed by atoms with Gasteiger partial charge in [0.15, 0.2) is 0 Å². The molecule has 6 nitrogen and oxygen atoms in total. The normalized spacial score (nSPS) is 21.7. The highest BCUT2D eigenvalue weighted by atomic mass is 19.1. The molecule has 2 heterocycles. The summed E-state index contributed by atoms with van der Waals surface area (Å²) in [5.41, 5.74) is -1.01. The number of pyridine rings is 1. The van der Waals surface area contributed by atoms with Crippen molar-refractivity contribution in [1.29, 1.82) is 0 Å². The van der Waals surface area contributed by atoms with Crippen LogP contribution in [0.2, 0.25) is 0 Å². The van der Waals surface area contributed by atoms with Crippen molar-refractivity contribution in [3.8, 4) is 0 Å². The Morgan fingerprint density at radius 3 is 3.00 bits per heavy atom. The number of aliphatic hydroxyl groups is 1. The first-order chi connectivity index (χ1) is 10.4. The van der Waals surface area contributed by atoms with Crippen LogP contribution in [0.5, 0.6) is 0 Å². The highest BCUT2D eigenvalue weighted by Gasteiger charge is 2.35. The van der Waals surface area contributed by atoms with E-state index in [4.69, 9.17) is 4.74 Å². The van der Waals surface area contributed by atoms with E-state index in [9.17, 15) is 14.3 Å². The second kappa shape index (κ2) is 7.02. The van der Waals surface area contributed by atoms with Crippen molar-refractivity contribution >= 4 is 11.7 Å². The Labute approximate surface area is 129 Å². The first kappa shape index (κ1) is 16.6. The van der Waals surface area contributed by atoms with Gasteiger partial charge in [0.25, 0.3) is 0 Å². The molecule has 22 heavy (non-hydrogen) atoms. The average molecular weight is 311 g/mol. The highest BCUT2D eigenvalue weighted by Crippen LogP contribution is 2.25. The van der Waals surface area contributed by atoms with E-state index in [1.54, 1.807) is 13.1 Å². The number of rotatable bonds is 5. The van der Waals surface area contributed by atoms with Crippen LogP contribution in [0.25, 0.3) is 0 Å². The van der Waals surface area contributed by atoms with E-state index in [1.165, 1.54) is 18.1 Å². The first-order valence-electron chi connectivity index (χ1n) is 7.25. The zero-order chi connectivity index (χ0) is 16.2. The Hall–Kier alpha value is -1.73. The maximum absolute atomic E-state index is 13.0. The molecule has 1 unspecified atom stereocenters. The number of halogens is 1. The number of likely N-dealkylation sites (N-methyl/N-ethyl adjacent to an activating group) is 1. The van der Waals surface area contributed by atoms with Gasteiger partial charge in [0.2, 0.25) is 5.91 Å². The quantitative estimate of drug-likeness (QED) is 0.865. The van der Waals surface area contributed by atoms with Gasteiger partial charge >= 0.3 is 0 Å². The van der Waals surface area contributed by atoms with Gasteiger partial charge in [-0.05, 0) is 25.0 Å². The third-order valence-electron chi connectivity index (χ3n) is 3.82. The largest absolute Gasteiger partial charge is 0.386 e. The van der Waals surface area contributed by atoms with Crippen LogP contribution < -0.4 is 4.90 Å². The minimum atomic E-state index is -1.01. The van der Waals surface area contributed by atoms with Crippen molar-refractivity contribution < 1.29 is 19.0 Å². The Morgan fingerprint density at radius 2 is 2.36 bits per heavy atom. The molecular formula is C15H22FN3O3. The van der Waals surface area contributed by atoms with Crippen LogP contribution in [-0.2, 0) is 9.53 Å². The van der Waals surface area contributed by atoms with Crippen LogP contribution in [-0.4, -0.2) is 66.9 Å². The fourth-order valence-electron chi connectivity index (χ4n) is 2.76. The van der Waals surface area contributed by atoms with Crippen LogP contribution in [0.1, 0.15) is 12.8 Å². The highest BCUT2D eigenvalue weighted by molar-refractivity contribution is 5.77. The maximum atomic E-state index is 13.0. The average Bonchev–Trinajstić information content (AvgIpc) is 2.47. The van der Waals surface area contributed by atoms with Crippen LogP contribution >= 0.6 is 0 Å². The van der Waals surface area contributed by atoms with Gasteiger partial charge < -0.3 is 19.6 Å². The lowest BCUT2D eigenvalue weighted by atomic mass is 9.92. The molecule has 1 saturated heterocycles. The Kier molecular flexibility index (Phi) is 5.31. The topological polar surface area (TPSA) is 65.9 Å². The summed E-state index contributed by atoms with van der Waals surface area (Å²) < 4.78 is 17.8. The summed E-state index contributed by atoms with van der Waals surface area (Å²) in [6.07, 6.45) is 2.55. The maximum Gasteiger partial charge on any atom is 0.248 e. The summed E-state index contributed by atoms with van der Waals surface area (Å²) >= 11 is 0. The Bertz CT molecular complexity index is 511. The molecule has 1 fully saturated rings.